The van der Waals surface area contributed by atoms with E-state index in [-0.39, 0.29) is 13.2 Å². The molecule has 142 valence electrons. The van der Waals surface area contributed by atoms with Crippen LogP contribution in [0.3, 0.4) is 0 Å². The second-order valence-electron chi connectivity index (χ2n) is 6.32. The third kappa shape index (κ3) is 6.78. The molecule has 0 saturated carbocycles. The molecule has 0 radical (unpaired) electrons. The van der Waals surface area contributed by atoms with Crippen LogP contribution in [-0.4, -0.2) is 35.9 Å². The lowest BCUT2D eigenvalue weighted by Gasteiger charge is -2.30. The zero-order valence-electron chi connectivity index (χ0n) is 15.4. The largest absolute Gasteiger partial charge is 0.444 e. The summed E-state index contributed by atoms with van der Waals surface area (Å²) >= 11 is 0. The number of aliphatic hydroxyl groups excluding tert-OH is 1. The predicted octanol–water partition coefficient (Wildman–Crippen LogP) is 3.84. The third-order valence-corrected chi connectivity index (χ3v) is 5.25. The van der Waals surface area contributed by atoms with Gasteiger partial charge < -0.3 is 24.2 Å². The summed E-state index contributed by atoms with van der Waals surface area (Å²) in [5.41, 5.74) is -0.153. The molecule has 1 amide bonds. The lowest BCUT2D eigenvalue weighted by Crippen LogP contribution is -2.40. The van der Waals surface area contributed by atoms with Crippen LogP contribution in [-0.2, 0) is 18.3 Å². The van der Waals surface area contributed by atoms with Crippen molar-refractivity contribution in [1.29, 1.82) is 0 Å². The van der Waals surface area contributed by atoms with E-state index in [2.05, 4.69) is 5.32 Å². The number of rotatable bonds is 8. The Morgan fingerprint density at radius 1 is 1.16 bits per heavy atom. The maximum absolute atomic E-state index is 12.9. The lowest BCUT2D eigenvalue weighted by molar-refractivity contribution is 0.0448. The molecule has 2 N–H and O–H groups in total. The highest BCUT2D eigenvalue weighted by atomic mass is 31.2. The Bertz CT molecular complexity index is 577. The molecular weight excluding hydrogens is 345 g/mol. The number of amides is 1. The van der Waals surface area contributed by atoms with E-state index in [0.29, 0.717) is 5.56 Å². The minimum absolute atomic E-state index is 0.0995. The second kappa shape index (κ2) is 9.34. The van der Waals surface area contributed by atoms with Gasteiger partial charge in [-0.05, 0) is 40.2 Å². The molecule has 0 saturated heterocycles. The summed E-state index contributed by atoms with van der Waals surface area (Å²) in [6, 6.07) is 7.68. The third-order valence-electron chi connectivity index (χ3n) is 3.07. The molecule has 0 aliphatic carbocycles. The molecule has 0 aromatic heterocycles. The van der Waals surface area contributed by atoms with Crippen molar-refractivity contribution in [2.24, 2.45) is 0 Å². The first-order chi connectivity index (χ1) is 11.6. The van der Waals surface area contributed by atoms with E-state index in [9.17, 15) is 14.5 Å². The fourth-order valence-corrected chi connectivity index (χ4v) is 3.87. The minimum atomic E-state index is -3.85. The van der Waals surface area contributed by atoms with E-state index in [1.165, 1.54) is 0 Å². The Kier molecular flexibility index (Phi) is 8.09. The van der Waals surface area contributed by atoms with Crippen LogP contribution in [0.4, 0.5) is 4.79 Å². The smallest absolute Gasteiger partial charge is 0.408 e. The first kappa shape index (κ1) is 21.6. The minimum Gasteiger partial charge on any atom is -0.444 e. The van der Waals surface area contributed by atoms with Crippen molar-refractivity contribution in [2.45, 2.75) is 52.1 Å². The zero-order valence-corrected chi connectivity index (χ0v) is 16.3. The Morgan fingerprint density at radius 2 is 1.68 bits per heavy atom. The quantitative estimate of drug-likeness (QED) is 0.673. The van der Waals surface area contributed by atoms with Gasteiger partial charge in [-0.3, -0.25) is 4.57 Å². The van der Waals surface area contributed by atoms with Gasteiger partial charge in [-0.15, -0.1) is 0 Å². The Morgan fingerprint density at radius 3 is 2.12 bits per heavy atom. The highest BCUT2D eigenvalue weighted by Gasteiger charge is 2.42. The summed E-state index contributed by atoms with van der Waals surface area (Å²) < 4.78 is 28.6. The average Bonchev–Trinajstić information content (AvgIpc) is 2.51. The van der Waals surface area contributed by atoms with Crippen LogP contribution in [0.2, 0.25) is 0 Å². The molecule has 1 aromatic rings. The Labute approximate surface area is 149 Å². The summed E-state index contributed by atoms with van der Waals surface area (Å²) in [6.45, 7) is 8.68. The molecule has 1 aromatic carbocycles. The van der Waals surface area contributed by atoms with Gasteiger partial charge in [0.05, 0.1) is 19.3 Å². The van der Waals surface area contributed by atoms with Gasteiger partial charge in [-0.25, -0.2) is 4.79 Å². The second-order valence-corrected chi connectivity index (χ2v) is 8.45. The highest BCUT2D eigenvalue weighted by molar-refractivity contribution is 7.54. The first-order valence-electron chi connectivity index (χ1n) is 8.24. The summed E-state index contributed by atoms with van der Waals surface area (Å²) in [6.07, 6.45) is -0.736. The van der Waals surface area contributed by atoms with Crippen molar-refractivity contribution in [3.63, 3.8) is 0 Å². The van der Waals surface area contributed by atoms with Gasteiger partial charge >= 0.3 is 13.7 Å². The zero-order chi connectivity index (χ0) is 19.1. The van der Waals surface area contributed by atoms with Crippen LogP contribution >= 0.6 is 7.60 Å². The number of aliphatic hydroxyl groups is 1. The van der Waals surface area contributed by atoms with Crippen LogP contribution in [0, 0.1) is 0 Å². The van der Waals surface area contributed by atoms with Crippen LogP contribution < -0.4 is 5.32 Å². The molecule has 0 aliphatic rings. The van der Waals surface area contributed by atoms with Gasteiger partial charge in [0.15, 0.2) is 5.85 Å². The van der Waals surface area contributed by atoms with Gasteiger partial charge in [-0.1, -0.05) is 30.3 Å². The maximum Gasteiger partial charge on any atom is 0.408 e. The number of carbonyl (C=O) groups is 1. The normalized spacial score (nSPS) is 14.6. The molecule has 0 fully saturated rings. The van der Waals surface area contributed by atoms with E-state index in [1.807, 2.05) is 0 Å². The number of alkyl carbamates (subject to hydrolysis) is 1. The lowest BCUT2D eigenvalue weighted by atomic mass is 10.1. The monoisotopic (exact) mass is 373 g/mol. The van der Waals surface area contributed by atoms with Gasteiger partial charge in [0.1, 0.15) is 5.60 Å². The maximum atomic E-state index is 12.9. The van der Waals surface area contributed by atoms with Crippen LogP contribution in [0.25, 0.3) is 0 Å². The molecule has 7 nitrogen and oxygen atoms in total. The Hall–Kier alpha value is -1.40. The van der Waals surface area contributed by atoms with Gasteiger partial charge in [0.2, 0.25) is 0 Å². The van der Waals surface area contributed by atoms with Crippen molar-refractivity contribution in [3.05, 3.63) is 35.9 Å². The Balaban J connectivity index is 3.13. The number of benzene rings is 1. The van der Waals surface area contributed by atoms with E-state index in [4.69, 9.17) is 13.8 Å². The van der Waals surface area contributed by atoms with E-state index >= 15 is 0 Å². The summed E-state index contributed by atoms with van der Waals surface area (Å²) in [7, 11) is -3.85. The topological polar surface area (TPSA) is 94.1 Å². The van der Waals surface area contributed by atoms with Gasteiger partial charge in [0, 0.05) is 0 Å². The fourth-order valence-electron chi connectivity index (χ4n) is 2.16. The summed E-state index contributed by atoms with van der Waals surface area (Å²) in [4.78, 5) is 12.2. The van der Waals surface area contributed by atoms with Crippen molar-refractivity contribution in [2.75, 3.05) is 13.2 Å². The molecule has 0 heterocycles. The number of hydrogen-bond acceptors (Lipinski definition) is 6. The number of ether oxygens (including phenoxy) is 1. The SMILES string of the molecule is CCOP(=O)(OCC)[C@@H](O)[C@H](NC(=O)OC(C)(C)C)c1ccccc1. The van der Waals surface area contributed by atoms with Gasteiger partial charge in [0.25, 0.3) is 0 Å². The summed E-state index contributed by atoms with van der Waals surface area (Å²) in [5, 5.41) is 13.3. The number of carbonyl (C=O) groups excluding carboxylic acids is 1. The number of nitrogens with one attached hydrogen (secondary N) is 1. The van der Waals surface area contributed by atoms with Crippen molar-refractivity contribution in [3.8, 4) is 0 Å². The molecule has 0 spiro atoms. The molecule has 2 atom stereocenters. The molecule has 8 heteroatoms. The van der Waals surface area contributed by atoms with Crippen molar-refractivity contribution >= 4 is 13.7 Å². The van der Waals surface area contributed by atoms with Crippen molar-refractivity contribution in [1.82, 2.24) is 5.32 Å². The first-order valence-corrected chi connectivity index (χ1v) is 9.85. The molecule has 1 rings (SSSR count). The molecular formula is C17H28NO6P. The van der Waals surface area contributed by atoms with Gasteiger partial charge in [-0.2, -0.15) is 0 Å². The molecule has 0 aliphatic heterocycles. The highest BCUT2D eigenvalue weighted by Crippen LogP contribution is 2.55. The van der Waals surface area contributed by atoms with Crippen molar-refractivity contribution < 1.29 is 28.3 Å². The van der Waals surface area contributed by atoms with Crippen LogP contribution in [0.5, 0.6) is 0 Å². The summed E-state index contributed by atoms with van der Waals surface area (Å²) in [5.74, 6) is -1.58. The number of hydrogen-bond donors (Lipinski definition) is 2. The fraction of sp³-hybridized carbons (Fsp3) is 0.588. The molecule has 0 unspecified atom stereocenters. The van der Waals surface area contributed by atoms with E-state index < -0.39 is 31.2 Å². The van der Waals surface area contributed by atoms with E-state index in [0.717, 1.165) is 0 Å². The van der Waals surface area contributed by atoms with Crippen LogP contribution in [0.15, 0.2) is 30.3 Å². The molecule has 0 bridgehead atoms. The van der Waals surface area contributed by atoms with Crippen LogP contribution in [0.1, 0.15) is 46.2 Å². The molecule has 25 heavy (non-hydrogen) atoms. The average molecular weight is 373 g/mol. The standard InChI is InChI=1S/C17H28NO6P/c1-6-22-25(21,23-7-2)15(19)14(13-11-9-8-10-12-13)18-16(20)24-17(3,4)5/h8-12,14-15,19H,6-7H2,1-5H3,(H,18,20)/t14-,15-/m1/s1. The van der Waals surface area contributed by atoms with E-state index in [1.54, 1.807) is 65.0 Å². The predicted molar refractivity (Wildman–Crippen MR) is 95.4 cm³/mol.